The summed E-state index contributed by atoms with van der Waals surface area (Å²) in [5, 5.41) is 6.93. The fourth-order valence-electron chi connectivity index (χ4n) is 1.05. The van der Waals surface area contributed by atoms with E-state index in [4.69, 9.17) is 4.74 Å². The molecule has 1 heterocycles. The Morgan fingerprint density at radius 1 is 1.31 bits per heavy atom. The van der Waals surface area contributed by atoms with Crippen molar-refractivity contribution in [2.24, 2.45) is 0 Å². The molecule has 0 aliphatic rings. The van der Waals surface area contributed by atoms with Crippen LogP contribution >= 0.6 is 0 Å². The van der Waals surface area contributed by atoms with Crippen LogP contribution in [0.4, 0.5) is 0 Å². The summed E-state index contributed by atoms with van der Waals surface area (Å²) in [4.78, 5) is 4.28. The molecule has 13 heavy (non-hydrogen) atoms. The lowest BCUT2D eigenvalue weighted by molar-refractivity contribution is 0.116. The van der Waals surface area contributed by atoms with Gasteiger partial charge in [-0.3, -0.25) is 5.10 Å². The van der Waals surface area contributed by atoms with E-state index in [1.165, 1.54) is 0 Å². The number of aryl methyl sites for hydroxylation is 1. The molecule has 0 unspecified atom stereocenters. The second kappa shape index (κ2) is 5.70. The number of aromatic amines is 1. The third-order valence-electron chi connectivity index (χ3n) is 1.64. The molecule has 0 saturated carbocycles. The van der Waals surface area contributed by atoms with Gasteiger partial charge in [0.25, 0.3) is 0 Å². The van der Waals surface area contributed by atoms with Crippen molar-refractivity contribution in [3.8, 4) is 0 Å². The Kier molecular flexibility index (Phi) is 4.46. The highest BCUT2D eigenvalue weighted by Gasteiger charge is 2.01. The summed E-state index contributed by atoms with van der Waals surface area (Å²) in [5.74, 6) is 1.72. The topological polar surface area (TPSA) is 50.8 Å². The molecule has 4 heteroatoms. The summed E-state index contributed by atoms with van der Waals surface area (Å²) >= 11 is 0. The van der Waals surface area contributed by atoms with E-state index in [2.05, 4.69) is 29.0 Å². The molecule has 0 bridgehead atoms. The number of nitrogens with zero attached hydrogens (tertiary/aromatic N) is 2. The molecule has 0 fully saturated rings. The molecule has 0 amide bonds. The summed E-state index contributed by atoms with van der Waals surface area (Å²) in [6.07, 6.45) is 3.05. The summed E-state index contributed by atoms with van der Waals surface area (Å²) in [7, 11) is 0. The van der Waals surface area contributed by atoms with Gasteiger partial charge >= 0.3 is 0 Å². The molecular weight excluding hydrogens is 166 g/mol. The minimum atomic E-state index is 0.546. The van der Waals surface area contributed by atoms with Crippen LogP contribution in [0.1, 0.15) is 38.3 Å². The fourth-order valence-corrected chi connectivity index (χ4v) is 1.05. The Morgan fingerprint density at radius 2 is 2.15 bits per heavy atom. The first-order chi connectivity index (χ1) is 6.36. The second-order valence-electron chi connectivity index (χ2n) is 3.00. The van der Waals surface area contributed by atoms with Crippen molar-refractivity contribution >= 4 is 0 Å². The van der Waals surface area contributed by atoms with Crippen LogP contribution in [0.2, 0.25) is 0 Å². The Labute approximate surface area is 78.7 Å². The number of rotatable bonds is 6. The monoisotopic (exact) mass is 183 g/mol. The highest BCUT2D eigenvalue weighted by atomic mass is 16.5. The highest BCUT2D eigenvalue weighted by molar-refractivity contribution is 4.88. The van der Waals surface area contributed by atoms with Gasteiger partial charge in [0.1, 0.15) is 6.61 Å². The number of H-pyrrole nitrogens is 1. The number of nitrogens with one attached hydrogen (secondary N) is 1. The Bertz CT molecular complexity index is 235. The molecule has 74 valence electrons. The first-order valence-electron chi connectivity index (χ1n) is 4.84. The molecule has 0 radical (unpaired) electrons. The van der Waals surface area contributed by atoms with Crippen molar-refractivity contribution in [1.29, 1.82) is 0 Å². The largest absolute Gasteiger partial charge is 0.373 e. The van der Waals surface area contributed by atoms with Crippen LogP contribution in [-0.2, 0) is 17.8 Å². The predicted octanol–water partition coefficient (Wildman–Crippen LogP) is 1.68. The van der Waals surface area contributed by atoms with Crippen molar-refractivity contribution in [3.05, 3.63) is 11.6 Å². The van der Waals surface area contributed by atoms with E-state index in [0.29, 0.717) is 6.61 Å². The van der Waals surface area contributed by atoms with Gasteiger partial charge in [0.15, 0.2) is 11.6 Å². The third-order valence-corrected chi connectivity index (χ3v) is 1.64. The minimum absolute atomic E-state index is 0.546. The Hall–Kier alpha value is -0.900. The minimum Gasteiger partial charge on any atom is -0.373 e. The maximum atomic E-state index is 5.33. The van der Waals surface area contributed by atoms with Crippen molar-refractivity contribution in [1.82, 2.24) is 15.2 Å². The van der Waals surface area contributed by atoms with Crippen LogP contribution in [0, 0.1) is 0 Å². The first kappa shape index (κ1) is 10.2. The van der Waals surface area contributed by atoms with E-state index < -0.39 is 0 Å². The molecule has 1 aromatic heterocycles. The first-order valence-corrected chi connectivity index (χ1v) is 4.84. The molecule has 1 N–H and O–H groups in total. The smallest absolute Gasteiger partial charge is 0.150 e. The van der Waals surface area contributed by atoms with E-state index in [1.54, 1.807) is 0 Å². The van der Waals surface area contributed by atoms with E-state index in [1.807, 2.05) is 0 Å². The number of aromatic nitrogens is 3. The van der Waals surface area contributed by atoms with Gasteiger partial charge in [-0.1, -0.05) is 13.8 Å². The molecule has 0 aliphatic heterocycles. The number of hydrogen-bond acceptors (Lipinski definition) is 3. The van der Waals surface area contributed by atoms with E-state index in [0.717, 1.165) is 37.5 Å². The maximum Gasteiger partial charge on any atom is 0.150 e. The third kappa shape index (κ3) is 3.55. The summed E-state index contributed by atoms with van der Waals surface area (Å²) in [6.45, 7) is 5.53. The summed E-state index contributed by atoms with van der Waals surface area (Å²) in [5.41, 5.74) is 0. The molecule has 0 saturated heterocycles. The maximum absolute atomic E-state index is 5.33. The lowest BCUT2D eigenvalue weighted by Gasteiger charge is -1.96. The van der Waals surface area contributed by atoms with Crippen LogP contribution in [-0.4, -0.2) is 21.8 Å². The molecule has 1 aromatic rings. The van der Waals surface area contributed by atoms with Gasteiger partial charge in [0.05, 0.1) is 0 Å². The molecule has 0 atom stereocenters. The average molecular weight is 183 g/mol. The lowest BCUT2D eigenvalue weighted by Crippen LogP contribution is -1.96. The van der Waals surface area contributed by atoms with Gasteiger partial charge < -0.3 is 4.74 Å². The van der Waals surface area contributed by atoms with Gasteiger partial charge in [-0.15, -0.1) is 0 Å². The van der Waals surface area contributed by atoms with Gasteiger partial charge in [0, 0.05) is 13.0 Å². The second-order valence-corrected chi connectivity index (χ2v) is 3.00. The van der Waals surface area contributed by atoms with Crippen LogP contribution < -0.4 is 0 Å². The molecule has 0 spiro atoms. The van der Waals surface area contributed by atoms with Crippen LogP contribution in [0.5, 0.6) is 0 Å². The standard InChI is InChI=1S/C9H17N3O/c1-3-5-8-10-9(12-11-8)7-13-6-4-2/h3-7H2,1-2H3,(H,10,11,12). The zero-order valence-corrected chi connectivity index (χ0v) is 8.34. The van der Waals surface area contributed by atoms with E-state index in [-0.39, 0.29) is 0 Å². The van der Waals surface area contributed by atoms with Crippen molar-refractivity contribution in [2.45, 2.75) is 39.7 Å². The molecule has 4 nitrogen and oxygen atoms in total. The molecule has 0 aliphatic carbocycles. The van der Waals surface area contributed by atoms with Crippen LogP contribution in [0.15, 0.2) is 0 Å². The lowest BCUT2D eigenvalue weighted by atomic mass is 10.3. The number of hydrogen-bond donors (Lipinski definition) is 1. The Morgan fingerprint density at radius 3 is 2.85 bits per heavy atom. The average Bonchev–Trinajstić information content (AvgIpc) is 2.54. The SMILES string of the molecule is CCCOCc1nc(CCC)n[nH]1. The molecule has 0 aromatic carbocycles. The molecular formula is C9H17N3O. The summed E-state index contributed by atoms with van der Waals surface area (Å²) < 4.78 is 5.33. The number of ether oxygens (including phenoxy) is 1. The zero-order valence-electron chi connectivity index (χ0n) is 8.34. The van der Waals surface area contributed by atoms with Crippen LogP contribution in [0.3, 0.4) is 0 Å². The van der Waals surface area contributed by atoms with E-state index in [9.17, 15) is 0 Å². The zero-order chi connectivity index (χ0) is 9.52. The van der Waals surface area contributed by atoms with Crippen molar-refractivity contribution < 1.29 is 4.74 Å². The molecule has 1 rings (SSSR count). The normalized spacial score (nSPS) is 10.6. The Balaban J connectivity index is 2.31. The van der Waals surface area contributed by atoms with Crippen molar-refractivity contribution in [3.63, 3.8) is 0 Å². The van der Waals surface area contributed by atoms with Gasteiger partial charge in [0.2, 0.25) is 0 Å². The fraction of sp³-hybridized carbons (Fsp3) is 0.778. The van der Waals surface area contributed by atoms with Crippen LogP contribution in [0.25, 0.3) is 0 Å². The van der Waals surface area contributed by atoms with Gasteiger partial charge in [-0.25, -0.2) is 4.98 Å². The quantitative estimate of drug-likeness (QED) is 0.683. The summed E-state index contributed by atoms with van der Waals surface area (Å²) in [6, 6.07) is 0. The van der Waals surface area contributed by atoms with E-state index >= 15 is 0 Å². The predicted molar refractivity (Wildman–Crippen MR) is 50.3 cm³/mol. The van der Waals surface area contributed by atoms with Gasteiger partial charge in [-0.05, 0) is 12.8 Å². The highest BCUT2D eigenvalue weighted by Crippen LogP contribution is 1.98. The van der Waals surface area contributed by atoms with Crippen molar-refractivity contribution in [2.75, 3.05) is 6.61 Å². The van der Waals surface area contributed by atoms with Gasteiger partial charge in [-0.2, -0.15) is 5.10 Å².